The van der Waals surface area contributed by atoms with Crippen molar-refractivity contribution in [3.8, 4) is 0 Å². The van der Waals surface area contributed by atoms with Crippen LogP contribution in [0.4, 0.5) is 0 Å². The third-order valence-corrected chi connectivity index (χ3v) is 2.66. The van der Waals surface area contributed by atoms with Gasteiger partial charge in [-0.3, -0.25) is 4.99 Å². The van der Waals surface area contributed by atoms with Crippen molar-refractivity contribution in [2.24, 2.45) is 10.7 Å². The average Bonchev–Trinajstić information content (AvgIpc) is 2.33. The summed E-state index contributed by atoms with van der Waals surface area (Å²) >= 11 is 0. The highest BCUT2D eigenvalue weighted by atomic mass is 127. The van der Waals surface area contributed by atoms with Gasteiger partial charge >= 0.3 is 0 Å². The smallest absolute Gasteiger partial charge is 0.188 e. The van der Waals surface area contributed by atoms with Gasteiger partial charge in [0, 0.05) is 20.2 Å². The number of guanidine groups is 1. The standard InChI is InChI=1S/C13H29N3O.HI/c1-3-4-5-6-7-8-9-10-15-13(14)16-11-12-17-2;/h3-12H2,1-2H3,(H3,14,15,16);1H. The number of methoxy groups -OCH3 is 1. The van der Waals surface area contributed by atoms with Gasteiger partial charge in [0.05, 0.1) is 6.61 Å². The molecule has 0 saturated carbocycles. The van der Waals surface area contributed by atoms with Gasteiger partial charge in [-0.15, -0.1) is 24.0 Å². The predicted octanol–water partition coefficient (Wildman–Crippen LogP) is 2.91. The molecule has 18 heavy (non-hydrogen) atoms. The van der Waals surface area contributed by atoms with Crippen LogP contribution in [0.25, 0.3) is 0 Å². The Balaban J connectivity index is 0. The van der Waals surface area contributed by atoms with E-state index in [9.17, 15) is 0 Å². The van der Waals surface area contributed by atoms with Crippen LogP contribution in [0.15, 0.2) is 4.99 Å². The van der Waals surface area contributed by atoms with E-state index in [1.807, 2.05) is 0 Å². The quantitative estimate of drug-likeness (QED) is 0.254. The molecule has 0 aromatic heterocycles. The minimum Gasteiger partial charge on any atom is -0.383 e. The Morgan fingerprint density at radius 2 is 1.72 bits per heavy atom. The molecule has 0 spiro atoms. The molecule has 110 valence electrons. The molecule has 0 unspecified atom stereocenters. The maximum Gasteiger partial charge on any atom is 0.188 e. The van der Waals surface area contributed by atoms with Crippen LogP contribution in [0.2, 0.25) is 0 Å². The van der Waals surface area contributed by atoms with E-state index in [4.69, 9.17) is 10.5 Å². The molecule has 0 aliphatic carbocycles. The summed E-state index contributed by atoms with van der Waals surface area (Å²) in [6.07, 6.45) is 9.14. The molecular weight excluding hydrogens is 341 g/mol. The van der Waals surface area contributed by atoms with Gasteiger partial charge in [0.1, 0.15) is 0 Å². The Morgan fingerprint density at radius 3 is 2.33 bits per heavy atom. The Hall–Kier alpha value is -0.0400. The van der Waals surface area contributed by atoms with Gasteiger partial charge in [0.25, 0.3) is 0 Å². The van der Waals surface area contributed by atoms with Crippen molar-refractivity contribution in [2.45, 2.75) is 51.9 Å². The first-order valence-electron chi connectivity index (χ1n) is 6.84. The summed E-state index contributed by atoms with van der Waals surface area (Å²) in [7, 11) is 1.67. The van der Waals surface area contributed by atoms with Gasteiger partial charge in [-0.05, 0) is 6.42 Å². The van der Waals surface area contributed by atoms with Crippen LogP contribution < -0.4 is 11.1 Å². The average molecular weight is 371 g/mol. The van der Waals surface area contributed by atoms with Crippen LogP contribution in [0, 0.1) is 0 Å². The Kier molecular flexibility index (Phi) is 19.1. The first kappa shape index (κ1) is 20.3. The third kappa shape index (κ3) is 16.0. The molecule has 0 radical (unpaired) electrons. The second-order valence-electron chi connectivity index (χ2n) is 4.31. The van der Waals surface area contributed by atoms with Crippen molar-refractivity contribution in [1.82, 2.24) is 5.32 Å². The number of nitrogens with one attached hydrogen (secondary N) is 1. The SMILES string of the molecule is CCCCCCCCCN=C(N)NCCOC.I. The summed E-state index contributed by atoms with van der Waals surface area (Å²) in [6.45, 7) is 4.46. The molecule has 0 fully saturated rings. The summed E-state index contributed by atoms with van der Waals surface area (Å²) in [5, 5.41) is 3.01. The van der Waals surface area contributed by atoms with E-state index in [0.717, 1.165) is 19.5 Å². The van der Waals surface area contributed by atoms with Gasteiger partial charge in [-0.25, -0.2) is 0 Å². The van der Waals surface area contributed by atoms with Crippen molar-refractivity contribution in [2.75, 3.05) is 26.8 Å². The van der Waals surface area contributed by atoms with E-state index in [0.29, 0.717) is 12.6 Å². The first-order chi connectivity index (χ1) is 8.31. The molecule has 0 amide bonds. The zero-order chi connectivity index (χ0) is 12.8. The Morgan fingerprint density at radius 1 is 1.11 bits per heavy atom. The van der Waals surface area contributed by atoms with Crippen LogP contribution in [-0.4, -0.2) is 32.8 Å². The van der Waals surface area contributed by atoms with Crippen molar-refractivity contribution in [1.29, 1.82) is 0 Å². The number of rotatable bonds is 11. The minimum absolute atomic E-state index is 0. The molecule has 0 atom stereocenters. The third-order valence-electron chi connectivity index (χ3n) is 2.66. The fourth-order valence-electron chi connectivity index (χ4n) is 1.61. The monoisotopic (exact) mass is 371 g/mol. The number of nitrogens with zero attached hydrogens (tertiary/aromatic N) is 1. The fourth-order valence-corrected chi connectivity index (χ4v) is 1.61. The number of aliphatic imine (C=N–C) groups is 1. The van der Waals surface area contributed by atoms with E-state index in [1.165, 1.54) is 38.5 Å². The normalized spacial score (nSPS) is 11.1. The molecule has 0 saturated heterocycles. The molecule has 0 heterocycles. The number of halogens is 1. The number of ether oxygens (including phenoxy) is 1. The summed E-state index contributed by atoms with van der Waals surface area (Å²) in [6, 6.07) is 0. The topological polar surface area (TPSA) is 59.6 Å². The highest BCUT2D eigenvalue weighted by Gasteiger charge is 1.92. The number of hydrogen-bond donors (Lipinski definition) is 2. The molecule has 3 N–H and O–H groups in total. The van der Waals surface area contributed by atoms with E-state index in [1.54, 1.807) is 7.11 Å². The van der Waals surface area contributed by atoms with E-state index in [2.05, 4.69) is 17.2 Å². The maximum absolute atomic E-state index is 5.68. The van der Waals surface area contributed by atoms with Crippen molar-refractivity contribution < 1.29 is 4.74 Å². The first-order valence-corrected chi connectivity index (χ1v) is 6.84. The molecule has 0 aliphatic rings. The zero-order valence-corrected chi connectivity index (χ0v) is 14.2. The highest BCUT2D eigenvalue weighted by Crippen LogP contribution is 2.06. The van der Waals surface area contributed by atoms with Crippen LogP contribution in [0.5, 0.6) is 0 Å². The zero-order valence-electron chi connectivity index (χ0n) is 11.9. The molecule has 0 bridgehead atoms. The summed E-state index contributed by atoms with van der Waals surface area (Å²) < 4.78 is 4.91. The lowest BCUT2D eigenvalue weighted by Crippen LogP contribution is -2.34. The second-order valence-corrected chi connectivity index (χ2v) is 4.31. The van der Waals surface area contributed by atoms with E-state index in [-0.39, 0.29) is 24.0 Å². The van der Waals surface area contributed by atoms with Gasteiger partial charge < -0.3 is 15.8 Å². The van der Waals surface area contributed by atoms with Crippen molar-refractivity contribution >= 4 is 29.9 Å². The lowest BCUT2D eigenvalue weighted by atomic mass is 10.1. The lowest BCUT2D eigenvalue weighted by molar-refractivity contribution is 0.204. The van der Waals surface area contributed by atoms with E-state index >= 15 is 0 Å². The molecule has 0 aromatic carbocycles. The summed E-state index contributed by atoms with van der Waals surface area (Å²) in [5.41, 5.74) is 5.68. The summed E-state index contributed by atoms with van der Waals surface area (Å²) in [5.74, 6) is 0.535. The van der Waals surface area contributed by atoms with E-state index < -0.39 is 0 Å². The Bertz CT molecular complexity index is 189. The molecule has 4 nitrogen and oxygen atoms in total. The number of nitrogens with two attached hydrogens (primary N) is 1. The maximum atomic E-state index is 5.68. The minimum atomic E-state index is 0. The highest BCUT2D eigenvalue weighted by molar-refractivity contribution is 14.0. The fraction of sp³-hybridized carbons (Fsp3) is 0.923. The molecule has 0 rings (SSSR count). The lowest BCUT2D eigenvalue weighted by Gasteiger charge is -2.04. The predicted molar refractivity (Wildman–Crippen MR) is 89.8 cm³/mol. The molecule has 0 aliphatic heterocycles. The summed E-state index contributed by atoms with van der Waals surface area (Å²) in [4.78, 5) is 4.26. The van der Waals surface area contributed by atoms with Gasteiger partial charge in [0.15, 0.2) is 5.96 Å². The van der Waals surface area contributed by atoms with Gasteiger partial charge in [0.2, 0.25) is 0 Å². The van der Waals surface area contributed by atoms with Crippen LogP contribution >= 0.6 is 24.0 Å². The molecular formula is C13H30IN3O. The van der Waals surface area contributed by atoms with Crippen LogP contribution in [-0.2, 0) is 4.74 Å². The molecule has 5 heteroatoms. The van der Waals surface area contributed by atoms with Gasteiger partial charge in [-0.1, -0.05) is 45.4 Å². The molecule has 0 aromatic rings. The van der Waals surface area contributed by atoms with Crippen LogP contribution in [0.3, 0.4) is 0 Å². The largest absolute Gasteiger partial charge is 0.383 e. The number of hydrogen-bond acceptors (Lipinski definition) is 2. The van der Waals surface area contributed by atoms with Crippen molar-refractivity contribution in [3.63, 3.8) is 0 Å². The second kappa shape index (κ2) is 17.0. The Labute approximate surface area is 129 Å². The van der Waals surface area contributed by atoms with Gasteiger partial charge in [-0.2, -0.15) is 0 Å². The van der Waals surface area contributed by atoms with Crippen LogP contribution in [0.1, 0.15) is 51.9 Å². The number of unbranched alkanes of at least 4 members (excludes halogenated alkanes) is 6. The van der Waals surface area contributed by atoms with Crippen molar-refractivity contribution in [3.05, 3.63) is 0 Å².